The summed E-state index contributed by atoms with van der Waals surface area (Å²) in [5.41, 5.74) is 1.12. The summed E-state index contributed by atoms with van der Waals surface area (Å²) in [5, 5.41) is 0. The van der Waals surface area contributed by atoms with Crippen LogP contribution in [0.5, 0.6) is 0 Å². The van der Waals surface area contributed by atoms with Crippen molar-refractivity contribution >= 4 is 5.95 Å². The van der Waals surface area contributed by atoms with E-state index in [1.165, 1.54) is 0 Å². The van der Waals surface area contributed by atoms with Gasteiger partial charge in [-0.25, -0.2) is 9.97 Å². The number of aromatic nitrogens is 2. The molecule has 1 aromatic rings. The molecule has 4 heteroatoms. The van der Waals surface area contributed by atoms with Crippen LogP contribution < -0.4 is 4.90 Å². The van der Waals surface area contributed by atoms with Crippen molar-refractivity contribution in [2.24, 2.45) is 11.8 Å². The van der Waals surface area contributed by atoms with Crippen LogP contribution in [0.2, 0.25) is 0 Å². The van der Waals surface area contributed by atoms with Crippen LogP contribution in [-0.2, 0) is 0 Å². The van der Waals surface area contributed by atoms with Crippen LogP contribution in [0.1, 0.15) is 5.56 Å². The monoisotopic (exact) mass is 218 g/mol. The first-order valence-corrected chi connectivity index (χ1v) is 5.87. The van der Waals surface area contributed by atoms with Crippen LogP contribution in [0.4, 0.5) is 5.95 Å². The fraction of sp³-hybridized carbons (Fsp3) is 0.667. The van der Waals surface area contributed by atoms with Gasteiger partial charge in [0.05, 0.1) is 0 Å². The third-order valence-electron chi connectivity index (χ3n) is 3.80. The summed E-state index contributed by atoms with van der Waals surface area (Å²) in [5.74, 6) is 2.56. The molecule has 3 atom stereocenters. The highest BCUT2D eigenvalue weighted by Gasteiger charge is 2.57. The standard InChI is InChI=1S/C12H18N4/c1-8-4-13-12(14-5-8)16-6-9-10(7-16)11(9)15(2)3/h4-5,9-11H,6-7H2,1-3H3/t9-,10+,11?. The molecule has 4 nitrogen and oxygen atoms in total. The van der Waals surface area contributed by atoms with E-state index in [-0.39, 0.29) is 0 Å². The summed E-state index contributed by atoms with van der Waals surface area (Å²) >= 11 is 0. The highest BCUT2D eigenvalue weighted by molar-refractivity contribution is 5.36. The lowest BCUT2D eigenvalue weighted by Crippen LogP contribution is -2.31. The van der Waals surface area contributed by atoms with Crippen LogP contribution in [0.25, 0.3) is 0 Å². The molecular formula is C12H18N4. The zero-order valence-electron chi connectivity index (χ0n) is 10.1. The number of nitrogens with zero attached hydrogens (tertiary/aromatic N) is 4. The summed E-state index contributed by atoms with van der Waals surface area (Å²) in [7, 11) is 4.35. The number of hydrogen-bond donors (Lipinski definition) is 0. The number of aryl methyl sites for hydroxylation is 1. The Bertz CT molecular complexity index is 375. The zero-order chi connectivity index (χ0) is 11.3. The van der Waals surface area contributed by atoms with E-state index in [9.17, 15) is 0 Å². The van der Waals surface area contributed by atoms with Gasteiger partial charge in [0.15, 0.2) is 0 Å². The first-order chi connectivity index (χ1) is 7.66. The van der Waals surface area contributed by atoms with Crippen molar-refractivity contribution in [3.8, 4) is 0 Å². The van der Waals surface area contributed by atoms with Crippen LogP contribution in [0.3, 0.4) is 0 Å². The van der Waals surface area contributed by atoms with E-state index in [1.54, 1.807) is 0 Å². The van der Waals surface area contributed by atoms with Crippen molar-refractivity contribution in [3.05, 3.63) is 18.0 Å². The van der Waals surface area contributed by atoms with Crippen LogP contribution in [0.15, 0.2) is 12.4 Å². The van der Waals surface area contributed by atoms with E-state index in [2.05, 4.69) is 33.9 Å². The van der Waals surface area contributed by atoms with Crippen LogP contribution >= 0.6 is 0 Å². The van der Waals surface area contributed by atoms with E-state index in [4.69, 9.17) is 0 Å². The fourth-order valence-electron chi connectivity index (χ4n) is 2.97. The van der Waals surface area contributed by atoms with E-state index in [0.717, 1.165) is 42.5 Å². The van der Waals surface area contributed by atoms with E-state index >= 15 is 0 Å². The van der Waals surface area contributed by atoms with Crippen molar-refractivity contribution in [2.45, 2.75) is 13.0 Å². The molecular weight excluding hydrogens is 200 g/mol. The molecule has 0 radical (unpaired) electrons. The molecule has 1 unspecified atom stereocenters. The van der Waals surface area contributed by atoms with Crippen molar-refractivity contribution < 1.29 is 0 Å². The van der Waals surface area contributed by atoms with Crippen molar-refractivity contribution in [3.63, 3.8) is 0 Å². The van der Waals surface area contributed by atoms with Crippen molar-refractivity contribution in [2.75, 3.05) is 32.1 Å². The van der Waals surface area contributed by atoms with E-state index in [0.29, 0.717) is 0 Å². The van der Waals surface area contributed by atoms with Gasteiger partial charge >= 0.3 is 0 Å². The zero-order valence-corrected chi connectivity index (χ0v) is 10.1. The SMILES string of the molecule is Cc1cnc(N2C[C@@H]3C(N(C)C)[C@@H]3C2)nc1. The van der Waals surface area contributed by atoms with E-state index < -0.39 is 0 Å². The van der Waals surface area contributed by atoms with E-state index in [1.807, 2.05) is 19.3 Å². The second-order valence-corrected chi connectivity index (χ2v) is 5.25. The highest BCUT2D eigenvalue weighted by Crippen LogP contribution is 2.48. The quantitative estimate of drug-likeness (QED) is 0.734. The second kappa shape index (κ2) is 3.42. The van der Waals surface area contributed by atoms with Gasteiger partial charge in [-0.15, -0.1) is 0 Å². The molecule has 0 aromatic carbocycles. The molecule has 0 amide bonds. The summed E-state index contributed by atoms with van der Waals surface area (Å²) in [4.78, 5) is 13.4. The fourth-order valence-corrected chi connectivity index (χ4v) is 2.97. The molecule has 16 heavy (non-hydrogen) atoms. The summed E-state index contributed by atoms with van der Waals surface area (Å²) in [6, 6.07) is 0.793. The lowest BCUT2D eigenvalue weighted by molar-refractivity contribution is 0.356. The normalized spacial score (nSPS) is 32.0. The Labute approximate surface area is 96.3 Å². The molecule has 1 saturated carbocycles. The Kier molecular flexibility index (Phi) is 2.14. The minimum absolute atomic E-state index is 0.793. The molecule has 3 rings (SSSR count). The van der Waals surface area contributed by atoms with Gasteiger partial charge in [0, 0.05) is 31.5 Å². The number of rotatable bonds is 2. The molecule has 1 aliphatic carbocycles. The van der Waals surface area contributed by atoms with Gasteiger partial charge in [-0.1, -0.05) is 0 Å². The van der Waals surface area contributed by atoms with Gasteiger partial charge in [-0.2, -0.15) is 0 Å². The number of anilines is 1. The van der Waals surface area contributed by atoms with Crippen molar-refractivity contribution in [1.29, 1.82) is 0 Å². The smallest absolute Gasteiger partial charge is 0.225 e. The average molecular weight is 218 g/mol. The minimum atomic E-state index is 0.793. The first-order valence-electron chi connectivity index (χ1n) is 5.87. The van der Waals surface area contributed by atoms with Crippen LogP contribution in [-0.4, -0.2) is 48.1 Å². The number of piperidine rings is 1. The maximum atomic E-state index is 4.39. The molecule has 1 aliphatic heterocycles. The summed E-state index contributed by atoms with van der Waals surface area (Å²) in [6.07, 6.45) is 3.80. The van der Waals surface area contributed by atoms with Gasteiger partial charge in [0.2, 0.25) is 5.95 Å². The topological polar surface area (TPSA) is 32.3 Å². The maximum Gasteiger partial charge on any atom is 0.225 e. The molecule has 2 heterocycles. The molecule has 0 bridgehead atoms. The Morgan fingerprint density at radius 2 is 1.75 bits per heavy atom. The Morgan fingerprint density at radius 3 is 2.25 bits per heavy atom. The Hall–Kier alpha value is -1.16. The van der Waals surface area contributed by atoms with Gasteiger partial charge in [0.25, 0.3) is 0 Å². The van der Waals surface area contributed by atoms with Gasteiger partial charge in [-0.05, 0) is 38.4 Å². The maximum absolute atomic E-state index is 4.39. The summed E-state index contributed by atoms with van der Waals surface area (Å²) in [6.45, 7) is 4.26. The van der Waals surface area contributed by atoms with Gasteiger partial charge < -0.3 is 9.80 Å². The Morgan fingerprint density at radius 1 is 1.19 bits per heavy atom. The first kappa shape index (κ1) is 10.0. The molecule has 86 valence electrons. The third kappa shape index (κ3) is 1.48. The van der Waals surface area contributed by atoms with Crippen molar-refractivity contribution in [1.82, 2.24) is 14.9 Å². The molecule has 1 saturated heterocycles. The number of hydrogen-bond acceptors (Lipinski definition) is 4. The average Bonchev–Trinajstić information content (AvgIpc) is 2.77. The molecule has 2 fully saturated rings. The highest BCUT2D eigenvalue weighted by atomic mass is 15.3. The van der Waals surface area contributed by atoms with Crippen LogP contribution in [0, 0.1) is 18.8 Å². The lowest BCUT2D eigenvalue weighted by Gasteiger charge is -2.21. The molecule has 1 aromatic heterocycles. The largest absolute Gasteiger partial charge is 0.340 e. The predicted octanol–water partition coefficient (Wildman–Crippen LogP) is 0.781. The number of fused-ring (bicyclic) bond motifs is 1. The minimum Gasteiger partial charge on any atom is -0.340 e. The molecule has 2 aliphatic rings. The van der Waals surface area contributed by atoms with Gasteiger partial charge in [-0.3, -0.25) is 0 Å². The second-order valence-electron chi connectivity index (χ2n) is 5.25. The predicted molar refractivity (Wildman–Crippen MR) is 63.4 cm³/mol. The molecule has 0 N–H and O–H groups in total. The van der Waals surface area contributed by atoms with Gasteiger partial charge in [0.1, 0.15) is 0 Å². The molecule has 0 spiro atoms. The third-order valence-corrected chi connectivity index (χ3v) is 3.80. The Balaban J connectivity index is 1.67. The lowest BCUT2D eigenvalue weighted by atomic mass is 10.3. The summed E-state index contributed by atoms with van der Waals surface area (Å²) < 4.78 is 0.